The standard InChI is InChI=1S/C15H18N2O3/c1-4-10(2)13(15(19)20-3)17-14(18)12-7-5-11(9-16)6-8-12/h5-8,10,13H,4H2,1-3H3,(H,17,18)/t10-,13-/m0/s1. The van der Waals surface area contributed by atoms with Crippen LogP contribution in [0.15, 0.2) is 24.3 Å². The molecule has 0 spiro atoms. The Morgan fingerprint density at radius 3 is 2.40 bits per heavy atom. The molecule has 0 aliphatic carbocycles. The van der Waals surface area contributed by atoms with E-state index in [-0.39, 0.29) is 11.8 Å². The zero-order valence-electron chi connectivity index (χ0n) is 11.8. The molecule has 0 unspecified atom stereocenters. The van der Waals surface area contributed by atoms with E-state index in [0.29, 0.717) is 11.1 Å². The molecule has 0 aliphatic heterocycles. The highest BCUT2D eigenvalue weighted by Gasteiger charge is 2.26. The van der Waals surface area contributed by atoms with Crippen molar-refractivity contribution < 1.29 is 14.3 Å². The summed E-state index contributed by atoms with van der Waals surface area (Å²) in [5.41, 5.74) is 0.884. The van der Waals surface area contributed by atoms with Gasteiger partial charge in [-0.25, -0.2) is 4.79 Å². The Morgan fingerprint density at radius 2 is 1.95 bits per heavy atom. The fraction of sp³-hybridized carbons (Fsp3) is 0.400. The third-order valence-electron chi connectivity index (χ3n) is 3.23. The van der Waals surface area contributed by atoms with Gasteiger partial charge in [-0.2, -0.15) is 5.26 Å². The predicted octanol–water partition coefficient (Wildman–Crippen LogP) is 1.88. The van der Waals surface area contributed by atoms with Crippen LogP contribution >= 0.6 is 0 Å². The van der Waals surface area contributed by atoms with Crippen molar-refractivity contribution in [3.63, 3.8) is 0 Å². The second-order valence-electron chi connectivity index (χ2n) is 4.55. The van der Waals surface area contributed by atoms with E-state index in [1.807, 2.05) is 19.9 Å². The number of benzene rings is 1. The molecule has 2 atom stereocenters. The minimum absolute atomic E-state index is 0.0234. The predicted molar refractivity (Wildman–Crippen MR) is 73.9 cm³/mol. The zero-order chi connectivity index (χ0) is 15.1. The maximum absolute atomic E-state index is 12.1. The molecule has 0 aromatic heterocycles. The average molecular weight is 274 g/mol. The summed E-state index contributed by atoms with van der Waals surface area (Å²) in [6.45, 7) is 3.81. The van der Waals surface area contributed by atoms with Crippen LogP contribution in [-0.2, 0) is 9.53 Å². The van der Waals surface area contributed by atoms with Crippen LogP contribution < -0.4 is 5.32 Å². The molecule has 0 aliphatic rings. The van der Waals surface area contributed by atoms with Crippen LogP contribution in [-0.4, -0.2) is 25.0 Å². The minimum Gasteiger partial charge on any atom is -0.467 e. The van der Waals surface area contributed by atoms with Gasteiger partial charge in [-0.3, -0.25) is 4.79 Å². The lowest BCUT2D eigenvalue weighted by atomic mass is 9.98. The number of esters is 1. The van der Waals surface area contributed by atoms with Crippen LogP contribution in [0.5, 0.6) is 0 Å². The number of amides is 1. The van der Waals surface area contributed by atoms with E-state index in [4.69, 9.17) is 10.00 Å². The molecule has 1 aromatic carbocycles. The highest BCUT2D eigenvalue weighted by Crippen LogP contribution is 2.11. The summed E-state index contributed by atoms with van der Waals surface area (Å²) >= 11 is 0. The highest BCUT2D eigenvalue weighted by molar-refractivity contribution is 5.96. The van der Waals surface area contributed by atoms with Crippen molar-refractivity contribution in [3.8, 4) is 6.07 Å². The summed E-state index contributed by atoms with van der Waals surface area (Å²) in [4.78, 5) is 23.8. The Bertz CT molecular complexity index is 517. The Labute approximate surface area is 118 Å². The van der Waals surface area contributed by atoms with Gasteiger partial charge in [-0.15, -0.1) is 0 Å². The van der Waals surface area contributed by atoms with Crippen molar-refractivity contribution in [1.29, 1.82) is 5.26 Å². The number of ether oxygens (including phenoxy) is 1. The van der Waals surface area contributed by atoms with Gasteiger partial charge in [0.25, 0.3) is 5.91 Å². The van der Waals surface area contributed by atoms with E-state index in [9.17, 15) is 9.59 Å². The molecular weight excluding hydrogens is 256 g/mol. The first-order chi connectivity index (χ1) is 9.53. The van der Waals surface area contributed by atoms with Gasteiger partial charge >= 0.3 is 5.97 Å². The fourth-order valence-corrected chi connectivity index (χ4v) is 1.72. The van der Waals surface area contributed by atoms with Crippen molar-refractivity contribution in [1.82, 2.24) is 5.32 Å². The van der Waals surface area contributed by atoms with Crippen LogP contribution in [0.3, 0.4) is 0 Å². The second-order valence-corrected chi connectivity index (χ2v) is 4.55. The van der Waals surface area contributed by atoms with Gasteiger partial charge in [0, 0.05) is 5.56 Å². The van der Waals surface area contributed by atoms with E-state index in [1.54, 1.807) is 24.3 Å². The van der Waals surface area contributed by atoms with Crippen molar-refractivity contribution in [2.45, 2.75) is 26.3 Å². The molecule has 0 fully saturated rings. The van der Waals surface area contributed by atoms with Gasteiger partial charge < -0.3 is 10.1 Å². The summed E-state index contributed by atoms with van der Waals surface area (Å²) in [5, 5.41) is 11.4. The summed E-state index contributed by atoms with van der Waals surface area (Å²) in [6, 6.07) is 7.54. The number of nitrogens with one attached hydrogen (secondary N) is 1. The third kappa shape index (κ3) is 3.82. The fourth-order valence-electron chi connectivity index (χ4n) is 1.72. The molecule has 0 saturated heterocycles. The second kappa shape index (κ2) is 7.29. The van der Waals surface area contributed by atoms with Gasteiger partial charge in [-0.1, -0.05) is 20.3 Å². The Morgan fingerprint density at radius 1 is 1.35 bits per heavy atom. The van der Waals surface area contributed by atoms with Crippen molar-refractivity contribution >= 4 is 11.9 Å². The molecule has 0 bridgehead atoms. The summed E-state index contributed by atoms with van der Waals surface area (Å²) in [5.74, 6) is -0.837. The number of nitrogens with zero attached hydrogens (tertiary/aromatic N) is 1. The summed E-state index contributed by atoms with van der Waals surface area (Å²) in [6.07, 6.45) is 0.743. The molecule has 5 nitrogen and oxygen atoms in total. The lowest BCUT2D eigenvalue weighted by molar-refractivity contribution is -0.144. The van der Waals surface area contributed by atoms with Gasteiger partial charge in [0.2, 0.25) is 0 Å². The summed E-state index contributed by atoms with van der Waals surface area (Å²) in [7, 11) is 1.30. The Kier molecular flexibility index (Phi) is 5.73. The molecule has 20 heavy (non-hydrogen) atoms. The topological polar surface area (TPSA) is 79.2 Å². The number of hydrogen-bond acceptors (Lipinski definition) is 4. The van der Waals surface area contributed by atoms with Gasteiger partial charge in [-0.05, 0) is 30.2 Å². The average Bonchev–Trinajstić information content (AvgIpc) is 2.50. The van der Waals surface area contributed by atoms with E-state index < -0.39 is 12.0 Å². The van der Waals surface area contributed by atoms with Crippen molar-refractivity contribution in [2.24, 2.45) is 5.92 Å². The quantitative estimate of drug-likeness (QED) is 0.831. The Hall–Kier alpha value is -2.35. The molecule has 1 amide bonds. The number of methoxy groups -OCH3 is 1. The monoisotopic (exact) mass is 274 g/mol. The summed E-state index contributed by atoms with van der Waals surface area (Å²) < 4.78 is 4.71. The van der Waals surface area contributed by atoms with Crippen LogP contribution in [0.1, 0.15) is 36.2 Å². The lowest BCUT2D eigenvalue weighted by Gasteiger charge is -2.21. The van der Waals surface area contributed by atoms with Crippen molar-refractivity contribution in [2.75, 3.05) is 7.11 Å². The van der Waals surface area contributed by atoms with Crippen molar-refractivity contribution in [3.05, 3.63) is 35.4 Å². The molecule has 5 heteroatoms. The highest BCUT2D eigenvalue weighted by atomic mass is 16.5. The first-order valence-electron chi connectivity index (χ1n) is 6.42. The van der Waals surface area contributed by atoms with Gasteiger partial charge in [0.05, 0.1) is 18.7 Å². The largest absolute Gasteiger partial charge is 0.467 e. The van der Waals surface area contributed by atoms with E-state index in [0.717, 1.165) is 6.42 Å². The lowest BCUT2D eigenvalue weighted by Crippen LogP contribution is -2.45. The van der Waals surface area contributed by atoms with Crippen LogP contribution in [0, 0.1) is 17.2 Å². The molecular formula is C15H18N2O3. The first-order valence-corrected chi connectivity index (χ1v) is 6.42. The molecule has 0 radical (unpaired) electrons. The number of nitriles is 1. The number of carbonyl (C=O) groups is 2. The molecule has 1 rings (SSSR count). The van der Waals surface area contributed by atoms with Gasteiger partial charge in [0.15, 0.2) is 0 Å². The van der Waals surface area contributed by atoms with E-state index in [2.05, 4.69) is 5.32 Å². The maximum Gasteiger partial charge on any atom is 0.328 e. The van der Waals surface area contributed by atoms with Crippen LogP contribution in [0.25, 0.3) is 0 Å². The number of hydrogen-bond donors (Lipinski definition) is 1. The van der Waals surface area contributed by atoms with E-state index >= 15 is 0 Å². The van der Waals surface area contributed by atoms with E-state index in [1.165, 1.54) is 7.11 Å². The van der Waals surface area contributed by atoms with Crippen LogP contribution in [0.2, 0.25) is 0 Å². The Balaban J connectivity index is 2.84. The molecule has 0 heterocycles. The third-order valence-corrected chi connectivity index (χ3v) is 3.23. The van der Waals surface area contributed by atoms with Gasteiger partial charge in [0.1, 0.15) is 6.04 Å². The smallest absolute Gasteiger partial charge is 0.328 e. The molecule has 1 N–H and O–H groups in total. The number of carbonyl (C=O) groups excluding carboxylic acids is 2. The van der Waals surface area contributed by atoms with Crippen LogP contribution in [0.4, 0.5) is 0 Å². The maximum atomic E-state index is 12.1. The SMILES string of the molecule is CC[C@H](C)[C@H](NC(=O)c1ccc(C#N)cc1)C(=O)OC. The number of rotatable bonds is 5. The molecule has 0 saturated carbocycles. The minimum atomic E-state index is -0.673. The first kappa shape index (κ1) is 15.7. The molecule has 1 aromatic rings. The normalized spacial score (nSPS) is 12.9. The molecule has 106 valence electrons. The zero-order valence-corrected chi connectivity index (χ0v) is 11.8.